The molecule has 57 heavy (non-hydrogen) atoms. The van der Waals surface area contributed by atoms with Gasteiger partial charge in [-0.2, -0.15) is 4.98 Å². The minimum Gasteiger partial charge on any atom is -0.378 e. The minimum absolute atomic E-state index is 0.0714. The lowest BCUT2D eigenvalue weighted by Gasteiger charge is -2.47. The highest BCUT2D eigenvalue weighted by Crippen LogP contribution is 2.59. The molecule has 290 valence electrons. The van der Waals surface area contributed by atoms with E-state index < -0.39 is 40.0 Å². The molecule has 0 spiro atoms. The molecule has 6 aliphatic carbocycles. The lowest BCUT2D eigenvalue weighted by Crippen LogP contribution is -2.54. The second-order valence-corrected chi connectivity index (χ2v) is 16.9. The summed E-state index contributed by atoms with van der Waals surface area (Å²) in [5.74, 6) is 10.5. The molecular formula is C43H40F2N8O4. The number of aryl methyl sites for hydroxylation is 1. The summed E-state index contributed by atoms with van der Waals surface area (Å²) in [6, 6.07) is 6.20. The maximum Gasteiger partial charge on any atom is 0.288 e. The van der Waals surface area contributed by atoms with Crippen molar-refractivity contribution < 1.29 is 28.0 Å². The fourth-order valence-corrected chi connectivity index (χ4v) is 9.05. The van der Waals surface area contributed by atoms with Crippen LogP contribution in [-0.4, -0.2) is 51.8 Å². The fourth-order valence-electron chi connectivity index (χ4n) is 9.05. The molecule has 6 aliphatic rings. The number of amides is 2. The molecule has 3 heterocycles. The monoisotopic (exact) mass is 770 g/mol. The van der Waals surface area contributed by atoms with Crippen LogP contribution >= 0.6 is 0 Å². The highest BCUT2D eigenvalue weighted by molar-refractivity contribution is 5.94. The van der Waals surface area contributed by atoms with Crippen molar-refractivity contribution in [3.8, 4) is 46.2 Å². The first kappa shape index (κ1) is 36.5. The zero-order valence-electron chi connectivity index (χ0n) is 32.6. The molecule has 0 atom stereocenters. The molecule has 2 fully saturated rings. The smallest absolute Gasteiger partial charge is 0.288 e. The summed E-state index contributed by atoms with van der Waals surface area (Å²) in [7, 11) is 3.54. The topological polar surface area (TPSA) is 167 Å². The number of hydrogen-bond donors (Lipinski definition) is 3. The van der Waals surface area contributed by atoms with Gasteiger partial charge in [0.25, 0.3) is 11.8 Å². The van der Waals surface area contributed by atoms with Crippen molar-refractivity contribution in [2.45, 2.75) is 94.6 Å². The summed E-state index contributed by atoms with van der Waals surface area (Å²) in [6.45, 7) is 8.36. The molecule has 2 amide bonds. The summed E-state index contributed by atoms with van der Waals surface area (Å²) < 4.78 is 40.3. The van der Waals surface area contributed by atoms with E-state index in [1.165, 1.54) is 26.0 Å². The molecule has 11 rings (SSSR count). The molecule has 0 unspecified atom stereocenters. The number of benzene rings is 2. The van der Waals surface area contributed by atoms with E-state index in [2.05, 4.69) is 44.1 Å². The maximum absolute atomic E-state index is 16.3. The molecule has 12 nitrogen and oxygen atoms in total. The van der Waals surface area contributed by atoms with Crippen LogP contribution in [0.25, 0.3) is 22.5 Å². The standard InChI is InChI=1S/C43H40F2N8O4/c1-20-47-40(51-57-20)41(2,3)10-8-21-15-28-29(17-31(21)45)43(18-25(19-43)35-33(28)48-37(36(46)54)52(35)6)50-39(55)38-49-32-27-14-22(9-11-42(4,5)56)30(44)16-26(27)23-12-24(13-23)34(32)53(38)7/h14-17,23-25,56H,12-13,18-19H2,1-7H3,(H2,46,54)(H,50,55). The van der Waals surface area contributed by atoms with Gasteiger partial charge >= 0.3 is 0 Å². The quantitative estimate of drug-likeness (QED) is 0.202. The highest BCUT2D eigenvalue weighted by Gasteiger charge is 2.54. The Morgan fingerprint density at radius 3 is 2.12 bits per heavy atom. The Labute approximate surface area is 327 Å². The predicted molar refractivity (Wildman–Crippen MR) is 204 cm³/mol. The number of imidazole rings is 2. The summed E-state index contributed by atoms with van der Waals surface area (Å²) in [6.07, 6.45) is 2.40. The molecule has 4 N–H and O–H groups in total. The first-order valence-corrected chi connectivity index (χ1v) is 18.9. The van der Waals surface area contributed by atoms with Crippen LogP contribution in [0.3, 0.4) is 0 Å². The first-order chi connectivity index (χ1) is 26.8. The molecular weight excluding hydrogens is 731 g/mol. The molecule has 5 aromatic rings. The maximum atomic E-state index is 16.3. The van der Waals surface area contributed by atoms with Crippen molar-refractivity contribution in [3.05, 3.63) is 92.9 Å². The van der Waals surface area contributed by atoms with Gasteiger partial charge < -0.3 is 29.8 Å². The third kappa shape index (κ3) is 5.68. The molecule has 0 saturated heterocycles. The van der Waals surface area contributed by atoms with Crippen LogP contribution in [0.5, 0.6) is 0 Å². The van der Waals surface area contributed by atoms with E-state index in [-0.39, 0.29) is 40.5 Å². The van der Waals surface area contributed by atoms with E-state index in [9.17, 15) is 14.7 Å². The van der Waals surface area contributed by atoms with Crippen LogP contribution in [0.2, 0.25) is 0 Å². The number of aliphatic hydroxyl groups is 1. The molecule has 2 aromatic carbocycles. The molecule has 0 radical (unpaired) electrons. The minimum atomic E-state index is -1.31. The summed E-state index contributed by atoms with van der Waals surface area (Å²) >= 11 is 0. The molecule has 2 saturated carbocycles. The Kier molecular flexibility index (Phi) is 7.81. The van der Waals surface area contributed by atoms with E-state index in [1.54, 1.807) is 30.7 Å². The van der Waals surface area contributed by atoms with Crippen molar-refractivity contribution >= 4 is 11.8 Å². The van der Waals surface area contributed by atoms with Gasteiger partial charge in [-0.3, -0.25) is 9.59 Å². The third-order valence-corrected chi connectivity index (χ3v) is 12.0. The van der Waals surface area contributed by atoms with E-state index in [4.69, 9.17) is 15.2 Å². The molecule has 14 heteroatoms. The Morgan fingerprint density at radius 1 is 0.877 bits per heavy atom. The normalized spacial score (nSPS) is 21.1. The Bertz CT molecular complexity index is 2730. The lowest BCUT2D eigenvalue weighted by atomic mass is 9.64. The third-order valence-electron chi connectivity index (χ3n) is 12.0. The van der Waals surface area contributed by atoms with Crippen molar-refractivity contribution in [1.82, 2.24) is 34.6 Å². The number of carbonyl (C=O) groups is 2. The average molecular weight is 771 g/mol. The highest BCUT2D eigenvalue weighted by atomic mass is 19.1. The summed E-state index contributed by atoms with van der Waals surface area (Å²) in [5.41, 5.74) is 8.07. The van der Waals surface area contributed by atoms with Gasteiger partial charge in [-0.05, 0) is 94.7 Å². The lowest BCUT2D eigenvalue weighted by molar-refractivity contribution is 0.0770. The second-order valence-electron chi connectivity index (χ2n) is 16.9. The summed E-state index contributed by atoms with van der Waals surface area (Å²) in [4.78, 5) is 40.9. The zero-order chi connectivity index (χ0) is 40.5. The average Bonchev–Trinajstić information content (AvgIpc) is 3.70. The Morgan fingerprint density at radius 2 is 1.47 bits per heavy atom. The number of rotatable bonds is 4. The van der Waals surface area contributed by atoms with Crippen LogP contribution in [0, 0.1) is 42.2 Å². The van der Waals surface area contributed by atoms with Gasteiger partial charge in [0.05, 0.1) is 33.5 Å². The molecule has 3 aromatic heterocycles. The van der Waals surface area contributed by atoms with Crippen LogP contribution < -0.4 is 11.1 Å². The van der Waals surface area contributed by atoms with E-state index in [0.29, 0.717) is 52.6 Å². The van der Waals surface area contributed by atoms with Gasteiger partial charge in [0.1, 0.15) is 17.2 Å². The Hall–Kier alpha value is -6.12. The Balaban J connectivity index is 1.13. The number of hydrogen-bond acceptors (Lipinski definition) is 8. The van der Waals surface area contributed by atoms with Gasteiger partial charge in [0, 0.05) is 55.4 Å². The van der Waals surface area contributed by atoms with E-state index >= 15 is 8.78 Å². The van der Waals surface area contributed by atoms with Gasteiger partial charge in [-0.1, -0.05) is 28.8 Å². The van der Waals surface area contributed by atoms with Crippen LogP contribution in [0.4, 0.5) is 8.78 Å². The number of aromatic nitrogens is 6. The van der Waals surface area contributed by atoms with Gasteiger partial charge in [0.2, 0.25) is 5.89 Å². The van der Waals surface area contributed by atoms with Crippen LogP contribution in [0.15, 0.2) is 28.8 Å². The van der Waals surface area contributed by atoms with Crippen molar-refractivity contribution in [2.24, 2.45) is 19.8 Å². The number of carbonyl (C=O) groups excluding carboxylic acids is 2. The molecule has 0 aliphatic heterocycles. The SMILES string of the molecule is Cc1nc(C(C)(C)C#Cc2cc3c(cc2F)C2(NC(=O)c4nc5c(n4C)C4CC(C4)c4cc(F)c(C#CC(C)(C)O)cc4-5)CC(C2)c2c-3nc(C(N)=O)n2C)no1. The van der Waals surface area contributed by atoms with Crippen LogP contribution in [-0.2, 0) is 25.0 Å². The second kappa shape index (κ2) is 12.2. The largest absolute Gasteiger partial charge is 0.378 e. The number of nitrogens with two attached hydrogens (primary N) is 1. The first-order valence-electron chi connectivity index (χ1n) is 18.9. The van der Waals surface area contributed by atoms with E-state index in [0.717, 1.165) is 29.8 Å². The van der Waals surface area contributed by atoms with Crippen molar-refractivity contribution in [2.75, 3.05) is 0 Å². The van der Waals surface area contributed by atoms with E-state index in [1.807, 2.05) is 25.5 Å². The van der Waals surface area contributed by atoms with Crippen molar-refractivity contribution in [3.63, 3.8) is 0 Å². The van der Waals surface area contributed by atoms with Crippen molar-refractivity contribution in [1.29, 1.82) is 0 Å². The van der Waals surface area contributed by atoms with Crippen LogP contribution in [0.1, 0.15) is 138 Å². The zero-order valence-corrected chi connectivity index (χ0v) is 32.6. The van der Waals surface area contributed by atoms with Gasteiger partial charge in [-0.15, -0.1) is 0 Å². The number of primary amides is 1. The summed E-state index contributed by atoms with van der Waals surface area (Å²) in [5, 5.41) is 17.5. The number of nitrogens with one attached hydrogen (secondary N) is 1. The van der Waals surface area contributed by atoms with Gasteiger partial charge in [0.15, 0.2) is 17.5 Å². The molecule has 4 bridgehead atoms. The number of halogens is 2. The fraction of sp³-hybridized carbons (Fsp3) is 0.395. The van der Waals surface area contributed by atoms with Gasteiger partial charge in [-0.25, -0.2) is 18.7 Å². The predicted octanol–water partition coefficient (Wildman–Crippen LogP) is 5.50. The number of nitrogens with zero attached hydrogens (tertiary/aromatic N) is 6.